The van der Waals surface area contributed by atoms with Crippen molar-refractivity contribution in [1.82, 2.24) is 0 Å². The van der Waals surface area contributed by atoms with Crippen LogP contribution in [0.5, 0.6) is 0 Å². The van der Waals surface area contributed by atoms with E-state index in [9.17, 15) is 14.4 Å². The van der Waals surface area contributed by atoms with Gasteiger partial charge in [-0.15, -0.1) is 0 Å². The summed E-state index contributed by atoms with van der Waals surface area (Å²) in [4.78, 5) is 30.7. The van der Waals surface area contributed by atoms with Crippen LogP contribution in [0.1, 0.15) is 6.42 Å². The van der Waals surface area contributed by atoms with Crippen molar-refractivity contribution in [1.29, 1.82) is 0 Å². The van der Waals surface area contributed by atoms with Crippen molar-refractivity contribution in [3.05, 3.63) is 23.5 Å². The lowest BCUT2D eigenvalue weighted by Crippen LogP contribution is -2.06. The Morgan fingerprint density at radius 3 is 1.73 bits per heavy atom. The monoisotopic (exact) mass is 216 g/mol. The Kier molecular flexibility index (Phi) is 4.59. The second-order valence-electron chi connectivity index (χ2n) is 2.42. The molecule has 0 radical (unpaired) electrons. The Morgan fingerprint density at radius 2 is 1.40 bits per heavy atom. The smallest absolute Gasteiger partial charge is 0.370 e. The summed E-state index contributed by atoms with van der Waals surface area (Å²) in [5.74, 6) is -5.57. The SMILES string of the molecule is O=C(O)C/C(=C\C=C(/O)C(=O)O)C(=O)O. The molecule has 0 aromatic carbocycles. The Hall–Kier alpha value is -2.31. The molecule has 0 saturated carbocycles. The van der Waals surface area contributed by atoms with Crippen LogP contribution in [0.15, 0.2) is 23.5 Å². The molecule has 0 spiro atoms. The molecule has 0 amide bonds. The predicted octanol–water partition coefficient (Wildman–Crippen LogP) is -0.00140. The van der Waals surface area contributed by atoms with Crippen molar-refractivity contribution < 1.29 is 34.8 Å². The summed E-state index contributed by atoms with van der Waals surface area (Å²) in [5, 5.41) is 33.7. The van der Waals surface area contributed by atoms with E-state index in [2.05, 4.69) is 0 Å². The zero-order valence-electron chi connectivity index (χ0n) is 7.38. The topological polar surface area (TPSA) is 132 Å². The molecule has 82 valence electrons. The van der Waals surface area contributed by atoms with Gasteiger partial charge in [-0.2, -0.15) is 0 Å². The molecule has 0 aliphatic heterocycles. The average molecular weight is 216 g/mol. The molecular formula is C8H8O7. The van der Waals surface area contributed by atoms with Crippen LogP contribution in [0, 0.1) is 0 Å². The molecule has 4 N–H and O–H groups in total. The maximum Gasteiger partial charge on any atom is 0.370 e. The van der Waals surface area contributed by atoms with Gasteiger partial charge in [0, 0.05) is 5.57 Å². The molecule has 0 aliphatic rings. The third-order valence-corrected chi connectivity index (χ3v) is 1.28. The van der Waals surface area contributed by atoms with Gasteiger partial charge in [0.25, 0.3) is 0 Å². The first kappa shape index (κ1) is 12.7. The normalized spacial score (nSPS) is 12.3. The van der Waals surface area contributed by atoms with Crippen LogP contribution in [0.2, 0.25) is 0 Å². The number of carboxylic acid groups (broad SMARTS) is 3. The molecule has 0 unspecified atom stereocenters. The maximum atomic E-state index is 10.4. The van der Waals surface area contributed by atoms with Crippen LogP contribution in [-0.4, -0.2) is 38.3 Å². The lowest BCUT2D eigenvalue weighted by molar-refractivity contribution is -0.139. The fourth-order valence-corrected chi connectivity index (χ4v) is 0.620. The summed E-state index contributed by atoms with van der Waals surface area (Å²) in [7, 11) is 0. The molecule has 0 aliphatic carbocycles. The van der Waals surface area contributed by atoms with Crippen molar-refractivity contribution in [3.8, 4) is 0 Å². The number of aliphatic carboxylic acids is 3. The maximum absolute atomic E-state index is 10.4. The van der Waals surface area contributed by atoms with Crippen molar-refractivity contribution >= 4 is 17.9 Å². The van der Waals surface area contributed by atoms with E-state index >= 15 is 0 Å². The summed E-state index contributed by atoms with van der Waals surface area (Å²) < 4.78 is 0. The first-order valence-electron chi connectivity index (χ1n) is 3.62. The third-order valence-electron chi connectivity index (χ3n) is 1.28. The van der Waals surface area contributed by atoms with Crippen molar-refractivity contribution in [3.63, 3.8) is 0 Å². The van der Waals surface area contributed by atoms with Crippen molar-refractivity contribution in [2.24, 2.45) is 0 Å². The van der Waals surface area contributed by atoms with Crippen LogP contribution >= 0.6 is 0 Å². The highest BCUT2D eigenvalue weighted by Crippen LogP contribution is 2.03. The van der Waals surface area contributed by atoms with Gasteiger partial charge < -0.3 is 20.4 Å². The fourth-order valence-electron chi connectivity index (χ4n) is 0.620. The van der Waals surface area contributed by atoms with Gasteiger partial charge >= 0.3 is 17.9 Å². The second kappa shape index (κ2) is 5.43. The standard InChI is InChI=1S/C8H8O7/c9-5(8(14)15)2-1-4(7(12)13)3-6(10)11/h1-2,9H,3H2,(H,10,11)(H,12,13)(H,14,15)/b4-1+,5-2-. The molecule has 0 bridgehead atoms. The van der Waals surface area contributed by atoms with Crippen LogP contribution in [0.4, 0.5) is 0 Å². The summed E-state index contributed by atoms with van der Waals surface area (Å²) in [6, 6.07) is 0. The lowest BCUT2D eigenvalue weighted by atomic mass is 10.1. The van der Waals surface area contributed by atoms with Gasteiger partial charge in [0.1, 0.15) is 0 Å². The molecule has 0 rings (SSSR count). The van der Waals surface area contributed by atoms with E-state index in [-0.39, 0.29) is 0 Å². The number of carbonyl (C=O) groups is 3. The van der Waals surface area contributed by atoms with Crippen molar-refractivity contribution in [2.45, 2.75) is 6.42 Å². The predicted molar refractivity (Wildman–Crippen MR) is 46.3 cm³/mol. The van der Waals surface area contributed by atoms with E-state index in [4.69, 9.17) is 20.4 Å². The average Bonchev–Trinajstić information content (AvgIpc) is 2.10. The number of rotatable bonds is 5. The Bertz CT molecular complexity index is 350. The minimum absolute atomic E-state index is 0.532. The zero-order valence-corrected chi connectivity index (χ0v) is 7.38. The molecule has 0 atom stereocenters. The van der Waals surface area contributed by atoms with Crippen LogP contribution in [0.3, 0.4) is 0 Å². The highest BCUT2D eigenvalue weighted by molar-refractivity contribution is 5.92. The molecule has 0 aromatic rings. The fraction of sp³-hybridized carbons (Fsp3) is 0.125. The largest absolute Gasteiger partial charge is 0.502 e. The van der Waals surface area contributed by atoms with E-state index in [0.29, 0.717) is 6.08 Å². The molecule has 7 nitrogen and oxygen atoms in total. The first-order chi connectivity index (χ1) is 6.84. The van der Waals surface area contributed by atoms with E-state index in [1.54, 1.807) is 0 Å². The lowest BCUT2D eigenvalue weighted by Gasteiger charge is -1.95. The van der Waals surface area contributed by atoms with Gasteiger partial charge in [-0.1, -0.05) is 0 Å². The molecule has 0 heterocycles. The summed E-state index contributed by atoms with van der Waals surface area (Å²) in [6.45, 7) is 0. The molecule has 0 aromatic heterocycles. The second-order valence-corrected chi connectivity index (χ2v) is 2.42. The molecular weight excluding hydrogens is 208 g/mol. The molecule has 15 heavy (non-hydrogen) atoms. The van der Waals surface area contributed by atoms with Crippen LogP contribution in [0.25, 0.3) is 0 Å². The van der Waals surface area contributed by atoms with Gasteiger partial charge in [-0.05, 0) is 12.2 Å². The van der Waals surface area contributed by atoms with Gasteiger partial charge in [-0.3, -0.25) is 4.79 Å². The number of carboxylic acids is 3. The Labute approximate surface area is 83.6 Å². The van der Waals surface area contributed by atoms with E-state index in [0.717, 1.165) is 6.08 Å². The highest BCUT2D eigenvalue weighted by Gasteiger charge is 2.11. The molecule has 7 heteroatoms. The molecule has 0 fully saturated rings. The minimum Gasteiger partial charge on any atom is -0.502 e. The Balaban J connectivity index is 4.85. The number of allylic oxidation sites excluding steroid dienone is 2. The highest BCUT2D eigenvalue weighted by atomic mass is 16.4. The van der Waals surface area contributed by atoms with E-state index < -0.39 is 35.7 Å². The minimum atomic E-state index is -1.63. The van der Waals surface area contributed by atoms with Crippen LogP contribution in [-0.2, 0) is 14.4 Å². The van der Waals surface area contributed by atoms with Crippen molar-refractivity contribution in [2.75, 3.05) is 0 Å². The third kappa shape index (κ3) is 5.09. The number of hydrogen-bond donors (Lipinski definition) is 4. The number of hydrogen-bond acceptors (Lipinski definition) is 4. The summed E-state index contributed by atoms with van der Waals surface area (Å²) in [5.41, 5.74) is -0.532. The van der Waals surface area contributed by atoms with Gasteiger partial charge in [0.15, 0.2) is 0 Å². The summed E-state index contributed by atoms with van der Waals surface area (Å²) >= 11 is 0. The number of aliphatic hydroxyl groups excluding tert-OH is 1. The van der Waals surface area contributed by atoms with E-state index in [1.165, 1.54) is 0 Å². The summed E-state index contributed by atoms with van der Waals surface area (Å²) in [6.07, 6.45) is 0.563. The Morgan fingerprint density at radius 1 is 0.867 bits per heavy atom. The van der Waals surface area contributed by atoms with Gasteiger partial charge in [-0.25, -0.2) is 9.59 Å². The molecule has 0 saturated heterocycles. The first-order valence-corrected chi connectivity index (χ1v) is 3.62. The van der Waals surface area contributed by atoms with E-state index in [1.807, 2.05) is 0 Å². The van der Waals surface area contributed by atoms with Crippen LogP contribution < -0.4 is 0 Å². The van der Waals surface area contributed by atoms with Gasteiger partial charge in [0.2, 0.25) is 5.76 Å². The number of aliphatic hydroxyl groups is 1. The quantitative estimate of drug-likeness (QED) is 0.289. The van der Waals surface area contributed by atoms with Gasteiger partial charge in [0.05, 0.1) is 6.42 Å². The zero-order chi connectivity index (χ0) is 12.0.